The third-order valence-corrected chi connectivity index (χ3v) is 2.63. The van der Waals surface area contributed by atoms with Gasteiger partial charge in [-0.25, -0.2) is 0 Å². The summed E-state index contributed by atoms with van der Waals surface area (Å²) in [6.45, 7) is 0. The molecule has 0 saturated heterocycles. The van der Waals surface area contributed by atoms with Crippen LogP contribution >= 0.6 is 15.9 Å². The van der Waals surface area contributed by atoms with Gasteiger partial charge in [0, 0.05) is 16.2 Å². The second-order valence-electron chi connectivity index (χ2n) is 3.20. The molecule has 0 radical (unpaired) electrons. The quantitative estimate of drug-likeness (QED) is 0.520. The van der Waals surface area contributed by atoms with E-state index in [-0.39, 0.29) is 0 Å². The second-order valence-corrected chi connectivity index (χ2v) is 4.12. The van der Waals surface area contributed by atoms with Crippen molar-refractivity contribution in [2.45, 2.75) is 0 Å². The Morgan fingerprint density at radius 2 is 2.06 bits per heavy atom. The number of nitrogens with zero attached hydrogens (tertiary/aromatic N) is 2. The van der Waals surface area contributed by atoms with Gasteiger partial charge in [0.1, 0.15) is 5.71 Å². The van der Waals surface area contributed by atoms with Crippen molar-refractivity contribution in [1.29, 1.82) is 0 Å². The summed E-state index contributed by atoms with van der Waals surface area (Å²) in [6, 6.07) is 13.5. The maximum Gasteiger partial charge on any atom is 0.116 e. The highest BCUT2D eigenvalue weighted by Gasteiger charge is 2.07. The van der Waals surface area contributed by atoms with Crippen molar-refractivity contribution < 1.29 is 0 Å². The van der Waals surface area contributed by atoms with E-state index in [2.05, 4.69) is 26.0 Å². The van der Waals surface area contributed by atoms with E-state index < -0.39 is 0 Å². The highest BCUT2D eigenvalue weighted by Crippen LogP contribution is 2.14. The molecule has 80 valence electrons. The van der Waals surface area contributed by atoms with E-state index in [1.54, 1.807) is 6.20 Å². The lowest BCUT2D eigenvalue weighted by Crippen LogP contribution is -2.08. The summed E-state index contributed by atoms with van der Waals surface area (Å²) >= 11 is 3.42. The Balaban J connectivity index is 2.46. The minimum absolute atomic E-state index is 0.682. The molecule has 1 aromatic heterocycles. The van der Waals surface area contributed by atoms with Gasteiger partial charge in [-0.1, -0.05) is 34.1 Å². The van der Waals surface area contributed by atoms with Gasteiger partial charge in [0.25, 0.3) is 0 Å². The van der Waals surface area contributed by atoms with Gasteiger partial charge in [-0.2, -0.15) is 5.10 Å². The standard InChI is InChI=1S/C12H10BrN3/c13-10-5-3-4-9(8-10)12(16-14)11-6-1-2-7-15-11/h1-8H,14H2/b16-12+. The largest absolute Gasteiger partial charge is 0.323 e. The molecule has 1 aromatic carbocycles. The fraction of sp³-hybridized carbons (Fsp3) is 0. The number of aromatic nitrogens is 1. The molecule has 0 amide bonds. The first kappa shape index (κ1) is 10.8. The summed E-state index contributed by atoms with van der Waals surface area (Å²) in [5.41, 5.74) is 2.39. The van der Waals surface area contributed by atoms with E-state index in [4.69, 9.17) is 5.84 Å². The first-order valence-electron chi connectivity index (χ1n) is 4.76. The monoisotopic (exact) mass is 275 g/mol. The van der Waals surface area contributed by atoms with Crippen molar-refractivity contribution >= 4 is 21.6 Å². The number of pyridine rings is 1. The van der Waals surface area contributed by atoms with Crippen LogP contribution in [0.5, 0.6) is 0 Å². The Morgan fingerprint density at radius 1 is 1.19 bits per heavy atom. The molecule has 0 unspecified atom stereocenters. The predicted octanol–water partition coefficient (Wildman–Crippen LogP) is 2.56. The number of nitrogens with two attached hydrogens (primary N) is 1. The predicted molar refractivity (Wildman–Crippen MR) is 68.2 cm³/mol. The van der Waals surface area contributed by atoms with E-state index in [9.17, 15) is 0 Å². The van der Waals surface area contributed by atoms with Crippen LogP contribution in [0.1, 0.15) is 11.3 Å². The van der Waals surface area contributed by atoms with Crippen LogP contribution in [-0.2, 0) is 0 Å². The molecule has 0 aliphatic rings. The Bertz CT molecular complexity index is 509. The molecule has 16 heavy (non-hydrogen) atoms. The molecular formula is C12H10BrN3. The second kappa shape index (κ2) is 4.90. The maximum absolute atomic E-state index is 5.42. The summed E-state index contributed by atoms with van der Waals surface area (Å²) in [5.74, 6) is 5.42. The first-order chi connectivity index (χ1) is 7.81. The third kappa shape index (κ3) is 2.28. The van der Waals surface area contributed by atoms with E-state index in [0.717, 1.165) is 15.7 Å². The Kier molecular flexibility index (Phi) is 3.31. The van der Waals surface area contributed by atoms with Crippen LogP contribution in [0, 0.1) is 0 Å². The van der Waals surface area contributed by atoms with Crippen LogP contribution in [-0.4, -0.2) is 10.7 Å². The SMILES string of the molecule is N/N=C(\c1cccc(Br)c1)c1ccccn1. The third-order valence-electron chi connectivity index (χ3n) is 2.13. The average Bonchev–Trinajstić information content (AvgIpc) is 2.31. The Hall–Kier alpha value is -1.68. The van der Waals surface area contributed by atoms with Gasteiger partial charge in [-0.15, -0.1) is 0 Å². The van der Waals surface area contributed by atoms with Crippen LogP contribution in [0.3, 0.4) is 0 Å². The smallest absolute Gasteiger partial charge is 0.116 e. The van der Waals surface area contributed by atoms with Crippen molar-refractivity contribution in [3.63, 3.8) is 0 Å². The van der Waals surface area contributed by atoms with Crippen molar-refractivity contribution in [3.8, 4) is 0 Å². The van der Waals surface area contributed by atoms with Crippen LogP contribution < -0.4 is 5.84 Å². The molecule has 0 atom stereocenters. The highest BCUT2D eigenvalue weighted by molar-refractivity contribution is 9.10. The zero-order valence-corrected chi connectivity index (χ0v) is 10.1. The number of hydrazone groups is 1. The molecule has 1 heterocycles. The molecule has 0 saturated carbocycles. The molecule has 0 aliphatic heterocycles. The first-order valence-corrected chi connectivity index (χ1v) is 5.56. The van der Waals surface area contributed by atoms with E-state index in [1.165, 1.54) is 0 Å². The van der Waals surface area contributed by atoms with E-state index in [0.29, 0.717) is 5.71 Å². The van der Waals surface area contributed by atoms with E-state index >= 15 is 0 Å². The number of hydrogen-bond acceptors (Lipinski definition) is 3. The molecule has 2 rings (SSSR count). The Labute approximate surface area is 102 Å². The molecule has 0 aliphatic carbocycles. The number of hydrogen-bond donors (Lipinski definition) is 1. The van der Waals surface area contributed by atoms with Gasteiger partial charge in [-0.3, -0.25) is 4.98 Å². The summed E-state index contributed by atoms with van der Waals surface area (Å²) < 4.78 is 0.988. The minimum atomic E-state index is 0.682. The molecule has 4 heteroatoms. The molecule has 2 N–H and O–H groups in total. The summed E-state index contributed by atoms with van der Waals surface area (Å²) in [5, 5.41) is 3.80. The average molecular weight is 276 g/mol. The highest BCUT2D eigenvalue weighted by atomic mass is 79.9. The lowest BCUT2D eigenvalue weighted by atomic mass is 10.1. The zero-order valence-electron chi connectivity index (χ0n) is 8.47. The van der Waals surface area contributed by atoms with Gasteiger partial charge >= 0.3 is 0 Å². The zero-order chi connectivity index (χ0) is 11.4. The van der Waals surface area contributed by atoms with Crippen LogP contribution in [0.2, 0.25) is 0 Å². The molecule has 3 nitrogen and oxygen atoms in total. The van der Waals surface area contributed by atoms with Gasteiger partial charge in [0.15, 0.2) is 0 Å². The van der Waals surface area contributed by atoms with Crippen molar-refractivity contribution in [3.05, 3.63) is 64.4 Å². The number of rotatable bonds is 2. The van der Waals surface area contributed by atoms with Crippen LogP contribution in [0.4, 0.5) is 0 Å². The number of halogens is 1. The Morgan fingerprint density at radius 3 is 2.69 bits per heavy atom. The lowest BCUT2D eigenvalue weighted by molar-refractivity contribution is 1.21. The fourth-order valence-corrected chi connectivity index (χ4v) is 1.83. The fourth-order valence-electron chi connectivity index (χ4n) is 1.43. The van der Waals surface area contributed by atoms with Crippen LogP contribution in [0.15, 0.2) is 58.2 Å². The van der Waals surface area contributed by atoms with Crippen molar-refractivity contribution in [1.82, 2.24) is 4.98 Å². The van der Waals surface area contributed by atoms with Crippen molar-refractivity contribution in [2.24, 2.45) is 10.9 Å². The molecular weight excluding hydrogens is 266 g/mol. The summed E-state index contributed by atoms with van der Waals surface area (Å²) in [6.07, 6.45) is 1.72. The molecule has 0 bridgehead atoms. The van der Waals surface area contributed by atoms with Gasteiger partial charge < -0.3 is 5.84 Å². The molecule has 2 aromatic rings. The summed E-state index contributed by atoms with van der Waals surface area (Å²) in [4.78, 5) is 4.23. The van der Waals surface area contributed by atoms with Gasteiger partial charge in [0.2, 0.25) is 0 Å². The topological polar surface area (TPSA) is 51.3 Å². The minimum Gasteiger partial charge on any atom is -0.323 e. The normalized spacial score (nSPS) is 11.4. The lowest BCUT2D eigenvalue weighted by Gasteiger charge is -2.04. The number of benzene rings is 1. The van der Waals surface area contributed by atoms with Gasteiger partial charge in [0.05, 0.1) is 5.69 Å². The van der Waals surface area contributed by atoms with Crippen molar-refractivity contribution in [2.75, 3.05) is 0 Å². The van der Waals surface area contributed by atoms with E-state index in [1.807, 2.05) is 42.5 Å². The molecule has 0 fully saturated rings. The van der Waals surface area contributed by atoms with Gasteiger partial charge in [-0.05, 0) is 24.3 Å². The summed E-state index contributed by atoms with van der Waals surface area (Å²) in [7, 11) is 0. The molecule has 0 spiro atoms. The maximum atomic E-state index is 5.42. The van der Waals surface area contributed by atoms with Crippen LogP contribution in [0.25, 0.3) is 0 Å².